The zero-order valence-corrected chi connectivity index (χ0v) is 80.3. The molecule has 34 atom stereocenters. The minimum absolute atomic E-state index is 0.166. The molecular weight excluding hydrogens is 2070 g/mol. The van der Waals surface area contributed by atoms with Gasteiger partial charge in [0, 0.05) is 91.1 Å². The molecule has 7 saturated heterocycles. The summed E-state index contributed by atoms with van der Waals surface area (Å²) in [6.07, 6.45) is -46.7. The zero-order chi connectivity index (χ0) is 102. The molecule has 778 valence electrons. The number of nitrogens with two attached hydrogens (primary N) is 5. The summed E-state index contributed by atoms with van der Waals surface area (Å²) in [6.45, 7) is -16.1. The Labute approximate surface area is 796 Å². The van der Waals surface area contributed by atoms with Crippen LogP contribution in [0.1, 0.15) is 50.5 Å². The number of hydrogen-bond acceptors (Lipinski definition) is 50. The molecule has 0 saturated carbocycles. The maximum absolute atomic E-state index is 17.5. The molecule has 7 aliphatic rings. The van der Waals surface area contributed by atoms with E-state index in [1.54, 1.807) is 0 Å². The number of aliphatic hydroxyl groups is 1. The van der Waals surface area contributed by atoms with Crippen LogP contribution < -0.4 is 79.6 Å². The van der Waals surface area contributed by atoms with E-state index in [1.165, 1.54) is 32.4 Å². The van der Waals surface area contributed by atoms with Crippen molar-refractivity contribution in [2.75, 3.05) is 104 Å². The first kappa shape index (κ1) is 108. The average molecular weight is 2170 g/mol. The molecule has 14 rings (SSSR count). The number of H-pyrrole nitrogens is 2. The first-order valence-corrected chi connectivity index (χ1v) is 52.2. The maximum Gasteiger partial charge on any atom is 0.472 e. The fourth-order valence-corrected chi connectivity index (χ4v) is 22.7. The molecule has 63 nitrogen and oxygen atoms in total. The highest BCUT2D eigenvalue weighted by molar-refractivity contribution is 8.44. The van der Waals surface area contributed by atoms with E-state index in [-0.39, 0.29) is 23.3 Å². The van der Waals surface area contributed by atoms with E-state index in [0.29, 0.717) is 13.7 Å². The topological polar surface area (TPSA) is 843 Å². The highest BCUT2D eigenvalue weighted by Crippen LogP contribution is 2.60. The molecule has 141 heavy (non-hydrogen) atoms. The molecule has 0 radical (unpaired) electrons. The van der Waals surface area contributed by atoms with Crippen LogP contribution in [0.25, 0.3) is 0 Å². The number of nitrogens with one attached hydrogen (secondary N) is 2. The van der Waals surface area contributed by atoms with Crippen molar-refractivity contribution in [2.45, 2.75) is 179 Å². The Morgan fingerprint density at radius 1 is 0.355 bits per heavy atom. The highest BCUT2D eigenvalue weighted by atomic mass is 32.7. The number of phosphoric acid groups is 4. The second-order valence-electron chi connectivity index (χ2n) is 31.3. The van der Waals surface area contributed by atoms with Gasteiger partial charge in [0.2, 0.25) is 0 Å². The number of methoxy groups -OCH3 is 5. The number of phosphoric ester groups is 4. The first-order chi connectivity index (χ1) is 66.4. The number of nitrogens with zero attached hydrogens (tertiary/aromatic N) is 12. The van der Waals surface area contributed by atoms with E-state index < -0.39 is 313 Å². The summed E-state index contributed by atoms with van der Waals surface area (Å²) in [4.78, 5) is 197. The molecule has 14 heterocycles. The fraction of sp³-hybridized carbons (Fsp3) is 0.588. The molecule has 0 aromatic carbocycles. The van der Waals surface area contributed by atoms with Crippen LogP contribution in [0.4, 0.5) is 37.9 Å². The highest BCUT2D eigenvalue weighted by Gasteiger charge is 2.60. The predicted octanol–water partition coefficient (Wildman–Crippen LogP) is -4.24. The molecule has 0 amide bonds. The third-order valence-electron chi connectivity index (χ3n) is 22.3. The number of nitrogen functional groups attached to an aromatic ring is 5. The number of anilines is 5. The summed E-state index contributed by atoms with van der Waals surface area (Å²) in [7, 11) is -18.3. The Bertz CT molecular complexity index is 6600. The van der Waals surface area contributed by atoms with Crippen molar-refractivity contribution in [1.82, 2.24) is 66.9 Å². The summed E-state index contributed by atoms with van der Waals surface area (Å²) in [5.74, 6) is -1.55. The molecule has 7 fully saturated rings. The van der Waals surface area contributed by atoms with E-state index in [9.17, 15) is 95.5 Å². The second kappa shape index (κ2) is 44.1. The van der Waals surface area contributed by atoms with Crippen LogP contribution in [0.2, 0.25) is 0 Å². The van der Waals surface area contributed by atoms with E-state index in [4.69, 9.17) is 152 Å². The van der Waals surface area contributed by atoms with Crippen molar-refractivity contribution < 1.29 is 172 Å². The number of rotatable bonds is 42. The first-order valence-electron chi connectivity index (χ1n) is 40.9. The van der Waals surface area contributed by atoms with Crippen molar-refractivity contribution in [3.05, 3.63) is 180 Å². The lowest BCUT2D eigenvalue weighted by molar-refractivity contribution is -0.0678. The van der Waals surface area contributed by atoms with Gasteiger partial charge in [0.15, 0.2) is 55.9 Å². The van der Waals surface area contributed by atoms with Crippen LogP contribution in [-0.2, 0) is 146 Å². The average Bonchev–Trinajstić information content (AvgIpc) is 1.63. The number of halogens is 2. The molecule has 7 aromatic rings. The number of hydrogen-bond donors (Lipinski definition) is 14. The van der Waals surface area contributed by atoms with E-state index in [1.807, 2.05) is 9.97 Å². The predicted molar refractivity (Wildman–Crippen MR) is 467 cm³/mol. The largest absolute Gasteiger partial charge is 0.472 e. The molecule has 13 unspecified atom stereocenters. The SMILES string of the molecule is CO[C@H]1C(OP(=O)(O)OC[C@H]2O[C@@H](n3ccc(N)nc3=O)[C@@H](F)C2OP(=O)(O)OC[C@H]2O[C@@H](n3ccc(=O)[nH]c3=O)[C@@H](OC)C2OP(=O)(O)OC[C@H]2O[C@@H](n3ccc(N)nc3=O)[C@@H](F)C2OP(=O)(O)OC[C@H]2O[C@@H](n3ccc(N)nc3=O)[C@@H](OC)C2OP(O)(=S)OC[C@H]2O[C@@H](n3ccc(N)nc3=O)[C@@H](OC)C2OP(=O)(S)OC[C@H]2O[C@@H](n3ccc(=O)[nH]c3=O)[C@@H](OC)C2O)[C@@H](C)O[C@H]1n1ccc(N)nc1=O. The van der Waals surface area contributed by atoms with Crippen molar-refractivity contribution in [2.24, 2.45) is 0 Å². The van der Waals surface area contributed by atoms with Crippen LogP contribution in [-0.4, -0.2) is 300 Å². The van der Waals surface area contributed by atoms with Gasteiger partial charge in [0.25, 0.3) is 11.1 Å². The van der Waals surface area contributed by atoms with Crippen LogP contribution in [0, 0.1) is 0 Å². The van der Waals surface area contributed by atoms with Crippen molar-refractivity contribution in [3.8, 4) is 0 Å². The molecule has 18 N–H and O–H groups in total. The minimum Gasteiger partial charge on any atom is -0.387 e. The van der Waals surface area contributed by atoms with Crippen molar-refractivity contribution in [3.63, 3.8) is 0 Å². The van der Waals surface area contributed by atoms with Crippen LogP contribution in [0.15, 0.2) is 129 Å². The Morgan fingerprint density at radius 2 is 0.610 bits per heavy atom. The van der Waals surface area contributed by atoms with Gasteiger partial charge >= 0.3 is 84.6 Å². The van der Waals surface area contributed by atoms with Gasteiger partial charge in [-0.1, -0.05) is 12.2 Å². The lowest BCUT2D eigenvalue weighted by Crippen LogP contribution is -2.40. The minimum atomic E-state index is -6.06. The second-order valence-corrected chi connectivity index (χ2v) is 42.5. The van der Waals surface area contributed by atoms with Gasteiger partial charge in [-0.05, 0) is 49.1 Å². The van der Waals surface area contributed by atoms with Gasteiger partial charge in [-0.2, -0.15) is 24.9 Å². The van der Waals surface area contributed by atoms with Gasteiger partial charge in [-0.3, -0.25) is 101 Å². The van der Waals surface area contributed by atoms with Gasteiger partial charge in [0.05, 0.1) is 45.7 Å². The lowest BCUT2D eigenvalue weighted by Gasteiger charge is -2.29. The number of ether oxygens (including phenoxy) is 12. The van der Waals surface area contributed by atoms with E-state index in [2.05, 4.69) is 37.2 Å². The Morgan fingerprint density at radius 3 is 0.950 bits per heavy atom. The Kier molecular flexibility index (Phi) is 33.9. The number of thiol groups is 1. The number of aliphatic hydroxyl groups excluding tert-OH is 1. The van der Waals surface area contributed by atoms with Crippen molar-refractivity contribution >= 4 is 98.0 Å². The Balaban J connectivity index is 0.684. The molecule has 7 aliphatic heterocycles. The van der Waals surface area contributed by atoms with Gasteiger partial charge < -0.3 is 120 Å². The van der Waals surface area contributed by atoms with Crippen LogP contribution in [0.3, 0.4) is 0 Å². The smallest absolute Gasteiger partial charge is 0.387 e. The Hall–Kier alpha value is -8.43. The zero-order valence-electron chi connectivity index (χ0n) is 73.2. The summed E-state index contributed by atoms with van der Waals surface area (Å²) in [5.41, 5.74) is 18.9. The molecule has 73 heteroatoms. The van der Waals surface area contributed by atoms with E-state index in [0.717, 1.165) is 114 Å². The molecule has 0 bridgehead atoms. The summed E-state index contributed by atoms with van der Waals surface area (Å²) in [5, 5.41) is 11.3. The maximum atomic E-state index is 17.5. The number of aromatic amines is 2. The monoisotopic (exact) mass is 2170 g/mol. The van der Waals surface area contributed by atoms with Gasteiger partial charge in [0.1, 0.15) is 139 Å². The van der Waals surface area contributed by atoms with E-state index >= 15 is 8.78 Å². The van der Waals surface area contributed by atoms with Crippen LogP contribution in [0.5, 0.6) is 0 Å². The van der Waals surface area contributed by atoms with Crippen molar-refractivity contribution in [1.29, 1.82) is 0 Å². The lowest BCUT2D eigenvalue weighted by atomic mass is 10.1. The third-order valence-corrected chi connectivity index (χ3v) is 29.4. The third kappa shape index (κ3) is 24.8. The molecule has 0 aliphatic carbocycles. The standard InChI is InChI=1S/C68H91F2N19O44P6S2/c1-27-44(51(111-3)58(121-27)85-16-9-36(73)78-64(85)95)128-134(100,101)115-22-29-45(41(69)55(123-29)83-14-7-34(71)76-62(83)93)129-135(102,103)117-24-31-47(52(112-4)59(125-31)89-20-13-40(91)82-68(89)99)131-137(106,107)116-23-30-46(42(70)56(124-30)84-15-8-35(72)77-63(84)94)130-136(104,105)118-25-32-48(53(113-5)60(126-32)86-17-10-37(74)79-65(86)96)132-139(109,141)120-26-33-49(54(114-6)61(127-33)87-18-11-38(75)80-66(87)97)133-138(108,140)119-21-28-43(92)50(110-2)57(122-28)88-19-12-39(90)81-67(88)98/h7-20,27-33,41-61,92H,21-26H2,1-6H3,(H,100,101)(H,102,103)(H,104,105)(H,106,107)(H,108,140)(H,109,141)(H2,71,76,93)(H2,72,77,94)(H2,73,78,95)(H2,74,79,96)(H2,75,80,97)(H,81,90,98)(H,82,91,99)/t27-,28-,29-,30-,31-,32-,33-,41+,42+,43?,44?,45?,46?,47?,48?,49?,50+,51+,52+,53+,54+,55-,56-,57-,58-,59-,60-,61-,138?,139?/m1/s1. The molecular formula is C68H91F2N19O44P6S2. The van der Waals surface area contributed by atoms with Gasteiger partial charge in [-0.25, -0.2) is 65.2 Å². The fourth-order valence-electron chi connectivity index (χ4n) is 15.9. The molecule has 0 spiro atoms. The molecule has 7 aromatic heterocycles. The van der Waals surface area contributed by atoms with Crippen LogP contribution >= 0.6 is 57.1 Å². The normalized spacial score (nSPS) is 33.2. The number of aromatic nitrogens is 14. The summed E-state index contributed by atoms with van der Waals surface area (Å²) < 4.78 is 247. The quantitative estimate of drug-likeness (QED) is 0.0127. The number of alkyl halides is 2. The van der Waals surface area contributed by atoms with Gasteiger partial charge in [-0.15, -0.1) is 0 Å². The summed E-state index contributed by atoms with van der Waals surface area (Å²) in [6, 6.07) is 7.28. The summed E-state index contributed by atoms with van der Waals surface area (Å²) >= 11 is 9.68.